The van der Waals surface area contributed by atoms with Crippen molar-refractivity contribution in [3.8, 4) is 22.6 Å². The van der Waals surface area contributed by atoms with Gasteiger partial charge in [-0.25, -0.2) is 4.98 Å². The Balaban J connectivity index is 1.59. The SMILES string of the molecule is CCOc1nnc([C@@H](C)Oc2ccc(Oc3ccc(C(F)(F)F)cn3)cc2)s1. The molecule has 148 valence electrons. The van der Waals surface area contributed by atoms with Gasteiger partial charge in [-0.3, -0.25) is 0 Å². The fourth-order valence-electron chi connectivity index (χ4n) is 2.14. The predicted molar refractivity (Wildman–Crippen MR) is 95.9 cm³/mol. The highest BCUT2D eigenvalue weighted by atomic mass is 32.1. The Kier molecular flexibility index (Phi) is 5.98. The summed E-state index contributed by atoms with van der Waals surface area (Å²) in [5.74, 6) is 1.06. The summed E-state index contributed by atoms with van der Waals surface area (Å²) in [6.45, 7) is 4.22. The van der Waals surface area contributed by atoms with E-state index in [4.69, 9.17) is 14.2 Å². The predicted octanol–water partition coefficient (Wildman–Crippen LogP) is 5.28. The minimum atomic E-state index is -4.43. The summed E-state index contributed by atoms with van der Waals surface area (Å²) in [5, 5.41) is 9.12. The lowest BCUT2D eigenvalue weighted by Crippen LogP contribution is -2.05. The summed E-state index contributed by atoms with van der Waals surface area (Å²) < 4.78 is 54.2. The standard InChI is InChI=1S/C18H16F3N3O3S/c1-3-25-17-24-23-16(28-17)11(2)26-13-5-7-14(8-6-13)27-15-9-4-12(10-22-15)18(19,20)21/h4-11H,3H2,1-2H3/t11-/m1/s1. The van der Waals surface area contributed by atoms with Crippen LogP contribution in [0.25, 0.3) is 0 Å². The number of benzene rings is 1. The molecule has 0 aliphatic rings. The highest BCUT2D eigenvalue weighted by Gasteiger charge is 2.30. The van der Waals surface area contributed by atoms with Crippen molar-refractivity contribution in [2.24, 2.45) is 0 Å². The number of hydrogen-bond acceptors (Lipinski definition) is 7. The molecule has 3 rings (SSSR count). The normalized spacial score (nSPS) is 12.5. The fourth-order valence-corrected chi connectivity index (χ4v) is 2.87. The molecule has 2 aromatic heterocycles. The molecule has 6 nitrogen and oxygen atoms in total. The van der Waals surface area contributed by atoms with E-state index in [9.17, 15) is 13.2 Å². The molecule has 0 saturated carbocycles. The van der Waals surface area contributed by atoms with Crippen LogP contribution in [-0.4, -0.2) is 21.8 Å². The average molecular weight is 411 g/mol. The molecule has 0 radical (unpaired) electrons. The molecule has 0 aliphatic heterocycles. The lowest BCUT2D eigenvalue weighted by molar-refractivity contribution is -0.137. The third-order valence-corrected chi connectivity index (χ3v) is 4.46. The van der Waals surface area contributed by atoms with Gasteiger partial charge in [0.25, 0.3) is 5.19 Å². The Hall–Kier alpha value is -2.88. The number of ether oxygens (including phenoxy) is 3. The van der Waals surface area contributed by atoms with Gasteiger partial charge < -0.3 is 14.2 Å². The van der Waals surface area contributed by atoms with Crippen LogP contribution in [0, 0.1) is 0 Å². The van der Waals surface area contributed by atoms with E-state index in [0.29, 0.717) is 28.3 Å². The van der Waals surface area contributed by atoms with Gasteiger partial charge >= 0.3 is 6.18 Å². The van der Waals surface area contributed by atoms with Gasteiger partial charge in [-0.05, 0) is 44.2 Å². The van der Waals surface area contributed by atoms with Crippen molar-refractivity contribution >= 4 is 11.3 Å². The molecule has 1 aromatic carbocycles. The summed E-state index contributed by atoms with van der Waals surface area (Å²) in [6, 6.07) is 8.71. The van der Waals surface area contributed by atoms with E-state index < -0.39 is 11.7 Å². The Labute approximate surface area is 162 Å². The highest BCUT2D eigenvalue weighted by Crippen LogP contribution is 2.31. The molecule has 0 saturated heterocycles. The molecule has 0 N–H and O–H groups in total. The van der Waals surface area contributed by atoms with Crippen LogP contribution in [0.5, 0.6) is 22.6 Å². The second-order valence-corrected chi connectivity index (χ2v) is 6.53. The largest absolute Gasteiger partial charge is 0.483 e. The van der Waals surface area contributed by atoms with E-state index in [1.165, 1.54) is 17.4 Å². The first kappa shape index (κ1) is 19.9. The fraction of sp³-hybridized carbons (Fsp3) is 0.278. The molecule has 3 aromatic rings. The molecular weight excluding hydrogens is 395 g/mol. The summed E-state index contributed by atoms with van der Waals surface area (Å²) in [5.41, 5.74) is -0.832. The van der Waals surface area contributed by atoms with E-state index in [0.717, 1.165) is 12.3 Å². The number of nitrogens with zero attached hydrogens (tertiary/aromatic N) is 3. The van der Waals surface area contributed by atoms with E-state index in [1.807, 2.05) is 13.8 Å². The van der Waals surface area contributed by atoms with Gasteiger partial charge in [0.1, 0.15) is 17.6 Å². The van der Waals surface area contributed by atoms with E-state index in [-0.39, 0.29) is 12.0 Å². The summed E-state index contributed by atoms with van der Waals surface area (Å²) in [4.78, 5) is 3.67. The number of alkyl halides is 3. The van der Waals surface area contributed by atoms with Crippen LogP contribution >= 0.6 is 11.3 Å². The molecule has 28 heavy (non-hydrogen) atoms. The average Bonchev–Trinajstić information content (AvgIpc) is 3.12. The van der Waals surface area contributed by atoms with Crippen LogP contribution in [0.4, 0.5) is 13.2 Å². The number of pyridine rings is 1. The second kappa shape index (κ2) is 8.42. The van der Waals surface area contributed by atoms with Gasteiger partial charge in [0, 0.05) is 12.3 Å². The second-order valence-electron chi connectivity index (χ2n) is 5.56. The zero-order valence-corrected chi connectivity index (χ0v) is 15.8. The first-order chi connectivity index (χ1) is 13.3. The van der Waals surface area contributed by atoms with Gasteiger partial charge in [-0.15, -0.1) is 5.10 Å². The van der Waals surface area contributed by atoms with Crippen LogP contribution in [0.3, 0.4) is 0 Å². The molecular formula is C18H16F3N3O3S. The van der Waals surface area contributed by atoms with Gasteiger partial charge in [-0.1, -0.05) is 16.4 Å². The molecule has 0 unspecified atom stereocenters. The van der Waals surface area contributed by atoms with Gasteiger partial charge in [-0.2, -0.15) is 13.2 Å². The molecule has 0 aliphatic carbocycles. The first-order valence-corrected chi connectivity index (χ1v) is 9.11. The molecule has 0 amide bonds. The maximum Gasteiger partial charge on any atom is 0.417 e. The van der Waals surface area contributed by atoms with Crippen molar-refractivity contribution in [2.75, 3.05) is 6.61 Å². The number of halogens is 3. The minimum Gasteiger partial charge on any atom is -0.483 e. The monoisotopic (exact) mass is 411 g/mol. The molecule has 0 bridgehead atoms. The molecule has 0 fully saturated rings. The third kappa shape index (κ3) is 5.10. The molecule has 1 atom stereocenters. The van der Waals surface area contributed by atoms with E-state index in [1.54, 1.807) is 24.3 Å². The summed E-state index contributed by atoms with van der Waals surface area (Å²) in [7, 11) is 0. The zero-order valence-electron chi connectivity index (χ0n) is 14.9. The Bertz CT molecular complexity index is 899. The summed E-state index contributed by atoms with van der Waals surface area (Å²) >= 11 is 1.31. The minimum absolute atomic E-state index is 0.0624. The zero-order chi connectivity index (χ0) is 20.1. The smallest absolute Gasteiger partial charge is 0.417 e. The molecule has 0 spiro atoms. The third-order valence-electron chi connectivity index (χ3n) is 3.46. The van der Waals surface area contributed by atoms with Crippen molar-refractivity contribution in [1.29, 1.82) is 0 Å². The van der Waals surface area contributed by atoms with Crippen molar-refractivity contribution in [3.63, 3.8) is 0 Å². The van der Waals surface area contributed by atoms with Crippen LogP contribution < -0.4 is 14.2 Å². The number of hydrogen-bond donors (Lipinski definition) is 0. The molecule has 10 heteroatoms. The lowest BCUT2D eigenvalue weighted by Gasteiger charge is -2.12. The number of aromatic nitrogens is 3. The van der Waals surface area contributed by atoms with Crippen LogP contribution in [-0.2, 0) is 6.18 Å². The van der Waals surface area contributed by atoms with E-state index >= 15 is 0 Å². The Morgan fingerprint density at radius 3 is 2.36 bits per heavy atom. The van der Waals surface area contributed by atoms with Crippen molar-refractivity contribution < 1.29 is 27.4 Å². The first-order valence-electron chi connectivity index (χ1n) is 8.29. The highest BCUT2D eigenvalue weighted by molar-refractivity contribution is 7.13. The number of rotatable bonds is 7. The maximum absolute atomic E-state index is 12.5. The lowest BCUT2D eigenvalue weighted by atomic mass is 10.3. The van der Waals surface area contributed by atoms with Gasteiger partial charge in [0.15, 0.2) is 5.01 Å². The van der Waals surface area contributed by atoms with Crippen LogP contribution in [0.1, 0.15) is 30.5 Å². The van der Waals surface area contributed by atoms with Crippen molar-refractivity contribution in [1.82, 2.24) is 15.2 Å². The maximum atomic E-state index is 12.5. The Morgan fingerprint density at radius 1 is 1.04 bits per heavy atom. The van der Waals surface area contributed by atoms with Gasteiger partial charge in [0.05, 0.1) is 12.2 Å². The quantitative estimate of drug-likeness (QED) is 0.527. The van der Waals surface area contributed by atoms with Crippen LogP contribution in [0.15, 0.2) is 42.6 Å². The van der Waals surface area contributed by atoms with Crippen molar-refractivity contribution in [3.05, 3.63) is 53.2 Å². The molecule has 2 heterocycles. The van der Waals surface area contributed by atoms with Crippen LogP contribution in [0.2, 0.25) is 0 Å². The van der Waals surface area contributed by atoms with Gasteiger partial charge in [0.2, 0.25) is 5.88 Å². The Morgan fingerprint density at radius 2 is 1.75 bits per heavy atom. The van der Waals surface area contributed by atoms with E-state index in [2.05, 4.69) is 15.2 Å². The summed E-state index contributed by atoms with van der Waals surface area (Å²) in [6.07, 6.45) is -4.03. The van der Waals surface area contributed by atoms with Crippen molar-refractivity contribution in [2.45, 2.75) is 26.1 Å². The topological polar surface area (TPSA) is 66.4 Å².